The van der Waals surface area contributed by atoms with Crippen molar-refractivity contribution in [3.05, 3.63) is 48.5 Å². The van der Waals surface area contributed by atoms with E-state index in [9.17, 15) is 13.2 Å². The number of hydrogen-bond donors (Lipinski definition) is 0. The molecule has 0 spiro atoms. The lowest BCUT2D eigenvalue weighted by Crippen LogP contribution is -2.41. The zero-order chi connectivity index (χ0) is 19.9. The molecule has 27 heavy (non-hydrogen) atoms. The molecule has 0 aromatic heterocycles. The maximum absolute atomic E-state index is 12.2. The van der Waals surface area contributed by atoms with E-state index in [1.807, 2.05) is 39.8 Å². The van der Waals surface area contributed by atoms with Crippen LogP contribution in [0.4, 0.5) is 13.2 Å². The molecule has 1 saturated heterocycles. The second-order valence-corrected chi connectivity index (χ2v) is 7.28. The van der Waals surface area contributed by atoms with Crippen LogP contribution in [0.1, 0.15) is 27.7 Å². The third-order valence-electron chi connectivity index (χ3n) is 4.70. The van der Waals surface area contributed by atoms with Crippen LogP contribution in [0, 0.1) is 0 Å². The maximum atomic E-state index is 12.2. The third-order valence-corrected chi connectivity index (χ3v) is 4.70. The van der Waals surface area contributed by atoms with Gasteiger partial charge in [-0.3, -0.25) is 0 Å². The number of halogens is 3. The van der Waals surface area contributed by atoms with Crippen LogP contribution in [0.2, 0.25) is 0 Å². The molecule has 2 aromatic carbocycles. The summed E-state index contributed by atoms with van der Waals surface area (Å²) in [5.74, 6) is 0.638. The van der Waals surface area contributed by atoms with E-state index < -0.39 is 24.7 Å². The van der Waals surface area contributed by atoms with Gasteiger partial charge in [0.15, 0.2) is 0 Å². The van der Waals surface area contributed by atoms with Crippen molar-refractivity contribution in [3.8, 4) is 17.2 Å². The van der Waals surface area contributed by atoms with Crippen LogP contribution in [0.25, 0.3) is 0 Å². The number of hydrogen-bond acceptors (Lipinski definition) is 4. The molecule has 1 aliphatic heterocycles. The van der Waals surface area contributed by atoms with E-state index in [1.54, 1.807) is 12.1 Å². The minimum atomic E-state index is -4.72. The molecule has 3 rings (SSSR count). The van der Waals surface area contributed by atoms with Crippen molar-refractivity contribution in [2.75, 3.05) is 0 Å². The Morgan fingerprint density at radius 1 is 0.741 bits per heavy atom. The molecular formula is C19H20BF3O4. The second-order valence-electron chi connectivity index (χ2n) is 7.28. The molecule has 0 bridgehead atoms. The molecule has 0 N–H and O–H groups in total. The second kappa shape index (κ2) is 6.76. The summed E-state index contributed by atoms with van der Waals surface area (Å²) in [4.78, 5) is 0. The minimum absolute atomic E-state index is 0.300. The Morgan fingerprint density at radius 2 is 1.15 bits per heavy atom. The fourth-order valence-electron chi connectivity index (χ4n) is 2.52. The minimum Gasteiger partial charge on any atom is -0.457 e. The Morgan fingerprint density at radius 3 is 1.59 bits per heavy atom. The van der Waals surface area contributed by atoms with Crippen molar-refractivity contribution in [1.82, 2.24) is 0 Å². The van der Waals surface area contributed by atoms with Crippen LogP contribution in [-0.2, 0) is 9.31 Å². The Hall–Kier alpha value is -2.19. The number of benzene rings is 2. The molecule has 4 nitrogen and oxygen atoms in total. The molecule has 0 atom stereocenters. The predicted molar refractivity (Wildman–Crippen MR) is 95.4 cm³/mol. The van der Waals surface area contributed by atoms with E-state index in [4.69, 9.17) is 14.0 Å². The van der Waals surface area contributed by atoms with E-state index in [0.717, 1.165) is 5.46 Å². The van der Waals surface area contributed by atoms with Gasteiger partial charge in [-0.1, -0.05) is 12.1 Å². The van der Waals surface area contributed by atoms with E-state index in [1.165, 1.54) is 24.3 Å². The molecule has 8 heteroatoms. The van der Waals surface area contributed by atoms with Crippen molar-refractivity contribution < 1.29 is 32.0 Å². The summed E-state index contributed by atoms with van der Waals surface area (Å²) in [6.07, 6.45) is -4.72. The highest BCUT2D eigenvalue weighted by Crippen LogP contribution is 2.36. The summed E-state index contributed by atoms with van der Waals surface area (Å²) in [5.41, 5.74) is 0.00933. The molecule has 1 fully saturated rings. The molecular weight excluding hydrogens is 360 g/mol. The van der Waals surface area contributed by atoms with E-state index in [-0.39, 0.29) is 5.75 Å². The highest BCUT2D eigenvalue weighted by atomic mass is 19.4. The molecule has 2 aromatic rings. The van der Waals surface area contributed by atoms with Gasteiger partial charge in [0.05, 0.1) is 11.2 Å². The van der Waals surface area contributed by atoms with Gasteiger partial charge < -0.3 is 18.8 Å². The molecule has 0 amide bonds. The van der Waals surface area contributed by atoms with Crippen molar-refractivity contribution in [1.29, 1.82) is 0 Å². The SMILES string of the molecule is CC1(C)OB(c2ccc(Oc3ccc(OC(F)(F)F)cc3)cc2)OC1(C)C. The lowest BCUT2D eigenvalue weighted by Gasteiger charge is -2.32. The van der Waals surface area contributed by atoms with Crippen molar-refractivity contribution >= 4 is 12.6 Å². The fraction of sp³-hybridized carbons (Fsp3) is 0.368. The molecule has 0 unspecified atom stereocenters. The van der Waals surface area contributed by atoms with Gasteiger partial charge in [0, 0.05) is 0 Å². The largest absolute Gasteiger partial charge is 0.573 e. The van der Waals surface area contributed by atoms with E-state index in [2.05, 4.69) is 4.74 Å². The first-order chi connectivity index (χ1) is 12.5. The Kier molecular flexibility index (Phi) is 4.90. The Labute approximate surface area is 156 Å². The van der Waals surface area contributed by atoms with Gasteiger partial charge in [-0.25, -0.2) is 0 Å². The fourth-order valence-corrected chi connectivity index (χ4v) is 2.52. The zero-order valence-corrected chi connectivity index (χ0v) is 15.5. The average Bonchev–Trinajstić information content (AvgIpc) is 2.77. The summed E-state index contributed by atoms with van der Waals surface area (Å²) in [7, 11) is -0.470. The smallest absolute Gasteiger partial charge is 0.457 e. The van der Waals surface area contributed by atoms with Gasteiger partial charge in [0.2, 0.25) is 0 Å². The zero-order valence-electron chi connectivity index (χ0n) is 15.5. The van der Waals surface area contributed by atoms with E-state index in [0.29, 0.717) is 11.5 Å². The molecule has 0 aliphatic carbocycles. The summed E-state index contributed by atoms with van der Waals surface area (Å²) in [6, 6.07) is 12.4. The first-order valence-corrected chi connectivity index (χ1v) is 8.44. The summed E-state index contributed by atoms with van der Waals surface area (Å²) >= 11 is 0. The lowest BCUT2D eigenvalue weighted by molar-refractivity contribution is -0.274. The summed E-state index contributed by atoms with van der Waals surface area (Å²) < 4.78 is 58.0. The van der Waals surface area contributed by atoms with Crippen LogP contribution >= 0.6 is 0 Å². The Bertz CT molecular complexity index is 770. The highest BCUT2D eigenvalue weighted by Gasteiger charge is 2.51. The van der Waals surface area contributed by atoms with Gasteiger partial charge in [0.1, 0.15) is 17.2 Å². The first kappa shape index (κ1) is 19.6. The van der Waals surface area contributed by atoms with Crippen molar-refractivity contribution in [3.63, 3.8) is 0 Å². The van der Waals surface area contributed by atoms with Crippen LogP contribution in [0.15, 0.2) is 48.5 Å². The van der Waals surface area contributed by atoms with Crippen molar-refractivity contribution in [2.45, 2.75) is 45.3 Å². The number of rotatable bonds is 4. The van der Waals surface area contributed by atoms with Crippen LogP contribution in [0.5, 0.6) is 17.2 Å². The summed E-state index contributed by atoms with van der Waals surface area (Å²) in [6.45, 7) is 7.93. The monoisotopic (exact) mass is 380 g/mol. The summed E-state index contributed by atoms with van der Waals surface area (Å²) in [5, 5.41) is 0. The topological polar surface area (TPSA) is 36.9 Å². The maximum Gasteiger partial charge on any atom is 0.573 e. The molecule has 144 valence electrons. The molecule has 1 aliphatic rings. The molecule has 0 radical (unpaired) electrons. The van der Waals surface area contributed by atoms with Crippen LogP contribution in [-0.4, -0.2) is 24.7 Å². The number of ether oxygens (including phenoxy) is 2. The van der Waals surface area contributed by atoms with Crippen LogP contribution in [0.3, 0.4) is 0 Å². The third kappa shape index (κ3) is 4.57. The van der Waals surface area contributed by atoms with Crippen LogP contribution < -0.4 is 14.9 Å². The normalized spacial score (nSPS) is 18.4. The van der Waals surface area contributed by atoms with Gasteiger partial charge in [-0.2, -0.15) is 0 Å². The van der Waals surface area contributed by atoms with Gasteiger partial charge in [-0.15, -0.1) is 13.2 Å². The van der Waals surface area contributed by atoms with Gasteiger partial charge >= 0.3 is 13.5 Å². The lowest BCUT2D eigenvalue weighted by atomic mass is 9.79. The quantitative estimate of drug-likeness (QED) is 0.722. The molecule has 1 heterocycles. The average molecular weight is 380 g/mol. The highest BCUT2D eigenvalue weighted by molar-refractivity contribution is 6.62. The predicted octanol–water partition coefficient (Wildman–Crippen LogP) is 4.68. The van der Waals surface area contributed by atoms with Gasteiger partial charge in [0.25, 0.3) is 0 Å². The van der Waals surface area contributed by atoms with E-state index >= 15 is 0 Å². The van der Waals surface area contributed by atoms with Crippen molar-refractivity contribution in [2.24, 2.45) is 0 Å². The first-order valence-electron chi connectivity index (χ1n) is 8.44. The molecule has 0 saturated carbocycles. The van der Waals surface area contributed by atoms with Gasteiger partial charge in [-0.05, 0) is 69.6 Å². The Balaban J connectivity index is 1.65. The number of alkyl halides is 3. The standard InChI is InChI=1S/C19H20BF3O4/c1-17(2)18(3,4)27-20(26-17)13-5-7-14(8-6-13)24-15-9-11-16(12-10-15)25-19(21,22)23/h5-12H,1-4H3.